The molecule has 1 amide bonds. The summed E-state index contributed by atoms with van der Waals surface area (Å²) in [6, 6.07) is 8.88. The maximum atomic E-state index is 13.7. The molecule has 26 heavy (non-hydrogen) atoms. The van der Waals surface area contributed by atoms with E-state index in [0.29, 0.717) is 24.7 Å². The number of carbonyl (C=O) groups excluding carboxylic acids is 1. The molecule has 2 aromatic rings. The second-order valence-corrected chi connectivity index (χ2v) is 7.52. The molecule has 0 bridgehead atoms. The second-order valence-electron chi connectivity index (χ2n) is 5.77. The minimum Gasteiger partial charge on any atom is -0.486 e. The van der Waals surface area contributed by atoms with E-state index < -0.39 is 15.8 Å². The van der Waals surface area contributed by atoms with E-state index in [2.05, 4.69) is 10.0 Å². The van der Waals surface area contributed by atoms with Crippen LogP contribution in [0.15, 0.2) is 36.4 Å². The Bertz CT molecular complexity index is 946. The number of halogens is 1. The van der Waals surface area contributed by atoms with E-state index >= 15 is 0 Å². The summed E-state index contributed by atoms with van der Waals surface area (Å²) < 4.78 is 49.2. The molecule has 0 saturated carbocycles. The Morgan fingerprint density at radius 1 is 1.12 bits per heavy atom. The van der Waals surface area contributed by atoms with Gasteiger partial charge in [-0.25, -0.2) is 12.8 Å². The van der Waals surface area contributed by atoms with Crippen molar-refractivity contribution in [2.24, 2.45) is 0 Å². The third kappa shape index (κ3) is 4.63. The van der Waals surface area contributed by atoms with Crippen molar-refractivity contribution >= 4 is 27.3 Å². The highest BCUT2D eigenvalue weighted by atomic mass is 32.2. The fourth-order valence-corrected chi connectivity index (χ4v) is 3.03. The molecule has 0 unspecified atom stereocenters. The molecule has 0 atom stereocenters. The maximum Gasteiger partial charge on any atom is 0.229 e. The minimum atomic E-state index is -3.63. The number of anilines is 2. The molecule has 0 saturated heterocycles. The smallest absolute Gasteiger partial charge is 0.229 e. The van der Waals surface area contributed by atoms with Crippen LogP contribution in [-0.4, -0.2) is 33.8 Å². The van der Waals surface area contributed by atoms with E-state index in [1.165, 1.54) is 12.1 Å². The second kappa shape index (κ2) is 7.20. The van der Waals surface area contributed by atoms with Gasteiger partial charge in [0.1, 0.15) is 19.0 Å². The van der Waals surface area contributed by atoms with Crippen LogP contribution in [0.2, 0.25) is 0 Å². The molecule has 9 heteroatoms. The van der Waals surface area contributed by atoms with Crippen molar-refractivity contribution in [1.29, 1.82) is 0 Å². The molecule has 0 aromatic heterocycles. The molecule has 0 radical (unpaired) electrons. The third-order valence-electron chi connectivity index (χ3n) is 3.52. The molecule has 3 rings (SSSR count). The third-order valence-corrected chi connectivity index (χ3v) is 4.11. The van der Waals surface area contributed by atoms with Gasteiger partial charge in [0.15, 0.2) is 11.5 Å². The molecule has 0 aliphatic carbocycles. The van der Waals surface area contributed by atoms with Crippen LogP contribution in [0.1, 0.15) is 5.56 Å². The van der Waals surface area contributed by atoms with Crippen LogP contribution in [-0.2, 0) is 21.2 Å². The van der Waals surface area contributed by atoms with Gasteiger partial charge in [-0.3, -0.25) is 9.52 Å². The first kappa shape index (κ1) is 18.0. The molecule has 0 fully saturated rings. The first-order valence-corrected chi connectivity index (χ1v) is 9.65. The van der Waals surface area contributed by atoms with Gasteiger partial charge in [0.25, 0.3) is 0 Å². The van der Waals surface area contributed by atoms with E-state index in [1.54, 1.807) is 18.2 Å². The highest BCUT2D eigenvalue weighted by Crippen LogP contribution is 2.31. The van der Waals surface area contributed by atoms with Crippen molar-refractivity contribution in [1.82, 2.24) is 0 Å². The van der Waals surface area contributed by atoms with E-state index in [1.807, 2.05) is 0 Å². The first-order valence-electron chi connectivity index (χ1n) is 7.76. The van der Waals surface area contributed by atoms with Gasteiger partial charge in [-0.05, 0) is 35.9 Å². The lowest BCUT2D eigenvalue weighted by molar-refractivity contribution is -0.115. The summed E-state index contributed by atoms with van der Waals surface area (Å²) >= 11 is 0. The van der Waals surface area contributed by atoms with Gasteiger partial charge in [0.2, 0.25) is 15.9 Å². The molecule has 1 aliphatic heterocycles. The summed E-state index contributed by atoms with van der Waals surface area (Å²) in [5.41, 5.74) is 0.771. The van der Waals surface area contributed by atoms with E-state index in [0.717, 1.165) is 17.9 Å². The molecule has 138 valence electrons. The molecule has 1 heterocycles. The highest BCUT2D eigenvalue weighted by Gasteiger charge is 2.14. The molecule has 2 aromatic carbocycles. The van der Waals surface area contributed by atoms with Crippen LogP contribution >= 0.6 is 0 Å². The lowest BCUT2D eigenvalue weighted by Gasteiger charge is -2.18. The molecule has 1 aliphatic rings. The molecular weight excluding hydrogens is 363 g/mol. The van der Waals surface area contributed by atoms with Crippen molar-refractivity contribution in [3.05, 3.63) is 47.8 Å². The van der Waals surface area contributed by atoms with E-state index in [4.69, 9.17) is 9.47 Å². The average molecular weight is 380 g/mol. The number of ether oxygens (including phenoxy) is 2. The zero-order chi connectivity index (χ0) is 18.7. The predicted octanol–water partition coefficient (Wildman–Crippen LogP) is 2.15. The Hall–Kier alpha value is -2.81. The molecule has 0 spiro atoms. The van der Waals surface area contributed by atoms with Crippen molar-refractivity contribution in [2.75, 3.05) is 29.5 Å². The molecular formula is C17H17FN2O5S. The summed E-state index contributed by atoms with van der Waals surface area (Å²) in [5.74, 6) is 0.150. The number of hydrogen-bond acceptors (Lipinski definition) is 5. The quantitative estimate of drug-likeness (QED) is 0.829. The number of hydrogen-bond donors (Lipinski definition) is 2. The Morgan fingerprint density at radius 2 is 1.85 bits per heavy atom. The number of sulfonamides is 1. The fourth-order valence-electron chi connectivity index (χ4n) is 2.47. The Morgan fingerprint density at radius 3 is 2.58 bits per heavy atom. The SMILES string of the molecule is CS(=O)(=O)Nc1cc(NC(=O)Cc2ccc3c(c2)OCCO3)ccc1F. The van der Waals surface area contributed by atoms with Crippen LogP contribution < -0.4 is 19.5 Å². The van der Waals surface area contributed by atoms with E-state index in [9.17, 15) is 17.6 Å². The normalized spacial score (nSPS) is 13.2. The number of nitrogens with one attached hydrogen (secondary N) is 2. The van der Waals surface area contributed by atoms with Crippen LogP contribution in [0.3, 0.4) is 0 Å². The fraction of sp³-hybridized carbons (Fsp3) is 0.235. The van der Waals surface area contributed by atoms with Gasteiger partial charge < -0.3 is 14.8 Å². The average Bonchev–Trinajstić information content (AvgIpc) is 2.56. The largest absolute Gasteiger partial charge is 0.486 e. The van der Waals surface area contributed by atoms with Crippen LogP contribution in [0.25, 0.3) is 0 Å². The van der Waals surface area contributed by atoms with Crippen LogP contribution in [0.4, 0.5) is 15.8 Å². The summed E-state index contributed by atoms with van der Waals surface area (Å²) in [6.45, 7) is 0.940. The zero-order valence-corrected chi connectivity index (χ0v) is 14.7. The molecule has 7 nitrogen and oxygen atoms in total. The summed E-state index contributed by atoms with van der Waals surface area (Å²) in [6.07, 6.45) is 0.989. The zero-order valence-electron chi connectivity index (χ0n) is 13.9. The van der Waals surface area contributed by atoms with Gasteiger partial charge in [0, 0.05) is 5.69 Å². The first-order chi connectivity index (χ1) is 12.3. The predicted molar refractivity (Wildman–Crippen MR) is 94.6 cm³/mol. The number of amides is 1. The van der Waals surface area contributed by atoms with Gasteiger partial charge in [-0.2, -0.15) is 0 Å². The van der Waals surface area contributed by atoms with Crippen molar-refractivity contribution in [3.63, 3.8) is 0 Å². The number of fused-ring (bicyclic) bond motifs is 1. The number of benzene rings is 2. The molecule has 2 N–H and O–H groups in total. The number of carbonyl (C=O) groups is 1. The Kier molecular flexibility index (Phi) is 4.99. The standard InChI is InChI=1S/C17H17FN2O5S/c1-26(22,23)20-14-10-12(3-4-13(14)18)19-17(21)9-11-2-5-15-16(8-11)25-7-6-24-15/h2-5,8,10,20H,6-7,9H2,1H3,(H,19,21). The van der Waals surface area contributed by atoms with Gasteiger partial charge in [-0.1, -0.05) is 6.07 Å². The Balaban J connectivity index is 1.69. The highest BCUT2D eigenvalue weighted by molar-refractivity contribution is 7.92. The van der Waals surface area contributed by atoms with Gasteiger partial charge >= 0.3 is 0 Å². The van der Waals surface area contributed by atoms with Crippen molar-refractivity contribution in [3.8, 4) is 11.5 Å². The van der Waals surface area contributed by atoms with E-state index in [-0.39, 0.29) is 23.7 Å². The summed E-state index contributed by atoms with van der Waals surface area (Å²) in [7, 11) is -3.63. The maximum absolute atomic E-state index is 13.7. The Labute approximate surface area is 150 Å². The summed E-state index contributed by atoms with van der Waals surface area (Å²) in [5, 5.41) is 2.61. The minimum absolute atomic E-state index is 0.0723. The van der Waals surface area contributed by atoms with Gasteiger partial charge in [0.05, 0.1) is 18.4 Å². The monoisotopic (exact) mass is 380 g/mol. The summed E-state index contributed by atoms with van der Waals surface area (Å²) in [4.78, 5) is 12.2. The lowest BCUT2D eigenvalue weighted by atomic mass is 10.1. The van der Waals surface area contributed by atoms with Gasteiger partial charge in [-0.15, -0.1) is 0 Å². The van der Waals surface area contributed by atoms with Crippen molar-refractivity contribution in [2.45, 2.75) is 6.42 Å². The lowest BCUT2D eigenvalue weighted by Crippen LogP contribution is -2.17. The topological polar surface area (TPSA) is 93.7 Å². The number of rotatable bonds is 5. The van der Waals surface area contributed by atoms with Crippen LogP contribution in [0, 0.1) is 5.82 Å². The van der Waals surface area contributed by atoms with Crippen molar-refractivity contribution < 1.29 is 27.1 Å². The van der Waals surface area contributed by atoms with Crippen LogP contribution in [0.5, 0.6) is 11.5 Å².